The average molecular weight is 268 g/mol. The summed E-state index contributed by atoms with van der Waals surface area (Å²) in [5, 5.41) is 2.92. The van der Waals surface area contributed by atoms with Crippen LogP contribution < -0.4 is 10.1 Å². The number of benzene rings is 1. The van der Waals surface area contributed by atoms with Crippen LogP contribution in [0.1, 0.15) is 12.8 Å². The standard InChI is InChI=1S/C11H10BrNO2/c12-7-1-2-8-9(5-7)15-6-11(3-4-11)10(14)13-8/h1-2,5H,3-4,6H2,(H,13,14). The Bertz CT molecular complexity index is 440. The Labute approximate surface area is 95.9 Å². The molecule has 1 heterocycles. The number of hydrogen-bond donors (Lipinski definition) is 1. The number of halogens is 1. The molecule has 1 aliphatic carbocycles. The van der Waals surface area contributed by atoms with Crippen LogP contribution in [-0.4, -0.2) is 12.5 Å². The lowest BCUT2D eigenvalue weighted by molar-refractivity contribution is -0.121. The highest BCUT2D eigenvalue weighted by atomic mass is 79.9. The number of ether oxygens (including phenoxy) is 1. The molecule has 0 atom stereocenters. The molecule has 1 aliphatic heterocycles. The number of fused-ring (bicyclic) bond motifs is 1. The second kappa shape index (κ2) is 2.98. The summed E-state index contributed by atoms with van der Waals surface area (Å²) in [6, 6.07) is 5.64. The summed E-state index contributed by atoms with van der Waals surface area (Å²) < 4.78 is 6.62. The fraction of sp³-hybridized carbons (Fsp3) is 0.364. The molecule has 1 saturated carbocycles. The van der Waals surface area contributed by atoms with E-state index in [0.29, 0.717) is 6.61 Å². The zero-order valence-corrected chi connectivity index (χ0v) is 9.63. The molecule has 1 aromatic carbocycles. The smallest absolute Gasteiger partial charge is 0.234 e. The van der Waals surface area contributed by atoms with Crippen molar-refractivity contribution in [3.05, 3.63) is 22.7 Å². The molecule has 0 unspecified atom stereocenters. The van der Waals surface area contributed by atoms with Gasteiger partial charge in [0.25, 0.3) is 0 Å². The second-order valence-corrected chi connectivity index (χ2v) is 5.08. The molecule has 1 spiro atoms. The lowest BCUT2D eigenvalue weighted by Crippen LogP contribution is -2.26. The van der Waals surface area contributed by atoms with Crippen LogP contribution in [0.2, 0.25) is 0 Å². The van der Waals surface area contributed by atoms with Crippen molar-refractivity contribution in [2.75, 3.05) is 11.9 Å². The summed E-state index contributed by atoms with van der Waals surface area (Å²) >= 11 is 3.38. The molecule has 3 nitrogen and oxygen atoms in total. The van der Waals surface area contributed by atoms with Crippen LogP contribution in [0.25, 0.3) is 0 Å². The second-order valence-electron chi connectivity index (χ2n) is 4.16. The van der Waals surface area contributed by atoms with Gasteiger partial charge in [-0.05, 0) is 31.0 Å². The largest absolute Gasteiger partial charge is 0.490 e. The Morgan fingerprint density at radius 1 is 1.40 bits per heavy atom. The number of amides is 1. The lowest BCUT2D eigenvalue weighted by atomic mass is 10.1. The van der Waals surface area contributed by atoms with Gasteiger partial charge < -0.3 is 10.1 Å². The first-order chi connectivity index (χ1) is 7.20. The van der Waals surface area contributed by atoms with Crippen molar-refractivity contribution in [2.24, 2.45) is 5.41 Å². The van der Waals surface area contributed by atoms with Gasteiger partial charge in [0.05, 0.1) is 11.1 Å². The minimum atomic E-state index is -0.245. The monoisotopic (exact) mass is 267 g/mol. The van der Waals surface area contributed by atoms with Gasteiger partial charge in [-0.2, -0.15) is 0 Å². The Morgan fingerprint density at radius 3 is 2.93 bits per heavy atom. The highest BCUT2D eigenvalue weighted by molar-refractivity contribution is 9.10. The summed E-state index contributed by atoms with van der Waals surface area (Å²) in [5.41, 5.74) is 0.526. The molecule has 78 valence electrons. The van der Waals surface area contributed by atoms with Crippen LogP contribution >= 0.6 is 15.9 Å². The van der Waals surface area contributed by atoms with Gasteiger partial charge in [-0.15, -0.1) is 0 Å². The van der Waals surface area contributed by atoms with Gasteiger partial charge in [0.1, 0.15) is 12.4 Å². The quantitative estimate of drug-likeness (QED) is 0.785. The van der Waals surface area contributed by atoms with E-state index in [1.807, 2.05) is 18.2 Å². The maximum Gasteiger partial charge on any atom is 0.234 e. The SMILES string of the molecule is O=C1Nc2ccc(Br)cc2OCC12CC2. The molecule has 0 aromatic heterocycles. The van der Waals surface area contributed by atoms with E-state index in [9.17, 15) is 4.79 Å². The third-order valence-corrected chi connectivity index (χ3v) is 3.52. The minimum Gasteiger partial charge on any atom is -0.490 e. The Balaban J connectivity index is 2.00. The Kier molecular flexibility index (Phi) is 1.83. The van der Waals surface area contributed by atoms with Crippen LogP contribution in [0.5, 0.6) is 5.75 Å². The predicted molar refractivity (Wildman–Crippen MR) is 59.9 cm³/mol. The molecule has 2 aliphatic rings. The van der Waals surface area contributed by atoms with E-state index >= 15 is 0 Å². The number of hydrogen-bond acceptors (Lipinski definition) is 2. The van der Waals surface area contributed by atoms with Gasteiger partial charge in [0.2, 0.25) is 5.91 Å². The van der Waals surface area contributed by atoms with Crippen molar-refractivity contribution in [3.8, 4) is 5.75 Å². The fourth-order valence-corrected chi connectivity index (χ4v) is 2.12. The van der Waals surface area contributed by atoms with Crippen molar-refractivity contribution in [1.82, 2.24) is 0 Å². The molecule has 4 heteroatoms. The van der Waals surface area contributed by atoms with Crippen molar-refractivity contribution >= 4 is 27.5 Å². The van der Waals surface area contributed by atoms with E-state index in [-0.39, 0.29) is 11.3 Å². The number of nitrogens with one attached hydrogen (secondary N) is 1. The summed E-state index contributed by atoms with van der Waals surface area (Å²) in [6.07, 6.45) is 1.88. The molecule has 1 aromatic rings. The third kappa shape index (κ3) is 1.44. The van der Waals surface area contributed by atoms with E-state index in [0.717, 1.165) is 28.8 Å². The topological polar surface area (TPSA) is 38.3 Å². The van der Waals surface area contributed by atoms with Crippen molar-refractivity contribution in [1.29, 1.82) is 0 Å². The molecule has 0 bridgehead atoms. The average Bonchev–Trinajstić information content (AvgIpc) is 3.00. The van der Waals surface area contributed by atoms with Gasteiger partial charge >= 0.3 is 0 Å². The van der Waals surface area contributed by atoms with E-state index in [2.05, 4.69) is 21.2 Å². The van der Waals surface area contributed by atoms with E-state index in [1.165, 1.54) is 0 Å². The molecule has 1 N–H and O–H groups in total. The first kappa shape index (κ1) is 9.21. The number of anilines is 1. The Morgan fingerprint density at radius 2 is 2.20 bits per heavy atom. The highest BCUT2D eigenvalue weighted by Gasteiger charge is 2.52. The predicted octanol–water partition coefficient (Wildman–Crippen LogP) is 2.56. The third-order valence-electron chi connectivity index (χ3n) is 3.03. The fourth-order valence-electron chi connectivity index (χ4n) is 1.78. The number of rotatable bonds is 0. The Hall–Kier alpha value is -1.03. The van der Waals surface area contributed by atoms with Gasteiger partial charge in [0.15, 0.2) is 0 Å². The summed E-state index contributed by atoms with van der Waals surface area (Å²) in [4.78, 5) is 11.8. The van der Waals surface area contributed by atoms with Crippen molar-refractivity contribution in [2.45, 2.75) is 12.8 Å². The van der Waals surface area contributed by atoms with E-state index in [1.54, 1.807) is 0 Å². The highest BCUT2D eigenvalue weighted by Crippen LogP contribution is 2.49. The lowest BCUT2D eigenvalue weighted by Gasteiger charge is -2.08. The van der Waals surface area contributed by atoms with Crippen LogP contribution in [0, 0.1) is 5.41 Å². The minimum absolute atomic E-state index is 0.101. The maximum atomic E-state index is 11.8. The summed E-state index contributed by atoms with van der Waals surface area (Å²) in [6.45, 7) is 0.502. The molecule has 0 radical (unpaired) electrons. The van der Waals surface area contributed by atoms with E-state index < -0.39 is 0 Å². The normalized spacial score (nSPS) is 21.3. The first-order valence-corrected chi connectivity index (χ1v) is 5.73. The molecular weight excluding hydrogens is 258 g/mol. The number of carbonyl (C=O) groups is 1. The zero-order chi connectivity index (χ0) is 10.5. The molecule has 1 fully saturated rings. The molecule has 3 rings (SSSR count). The van der Waals surface area contributed by atoms with Gasteiger partial charge in [-0.3, -0.25) is 4.79 Å². The van der Waals surface area contributed by atoms with Gasteiger partial charge in [-0.25, -0.2) is 0 Å². The van der Waals surface area contributed by atoms with Gasteiger partial charge in [0, 0.05) is 4.47 Å². The van der Waals surface area contributed by atoms with Crippen LogP contribution in [0.4, 0.5) is 5.69 Å². The van der Waals surface area contributed by atoms with Crippen LogP contribution in [0.15, 0.2) is 22.7 Å². The van der Waals surface area contributed by atoms with Crippen molar-refractivity contribution in [3.63, 3.8) is 0 Å². The number of carbonyl (C=O) groups excluding carboxylic acids is 1. The zero-order valence-electron chi connectivity index (χ0n) is 8.05. The van der Waals surface area contributed by atoms with Crippen LogP contribution in [0.3, 0.4) is 0 Å². The molecule has 0 saturated heterocycles. The first-order valence-electron chi connectivity index (χ1n) is 4.93. The van der Waals surface area contributed by atoms with Crippen molar-refractivity contribution < 1.29 is 9.53 Å². The molecule has 15 heavy (non-hydrogen) atoms. The summed E-state index contributed by atoms with van der Waals surface area (Å²) in [5.74, 6) is 0.852. The summed E-state index contributed by atoms with van der Waals surface area (Å²) in [7, 11) is 0. The molecular formula is C11H10BrNO2. The molecule has 1 amide bonds. The van der Waals surface area contributed by atoms with Crippen LogP contribution in [-0.2, 0) is 4.79 Å². The van der Waals surface area contributed by atoms with Gasteiger partial charge in [-0.1, -0.05) is 15.9 Å². The maximum absolute atomic E-state index is 11.8. The van der Waals surface area contributed by atoms with E-state index in [4.69, 9.17) is 4.74 Å².